The highest BCUT2D eigenvalue weighted by atomic mass is 19.1. The van der Waals surface area contributed by atoms with Crippen molar-refractivity contribution in [1.82, 2.24) is 15.2 Å². The summed E-state index contributed by atoms with van der Waals surface area (Å²) >= 11 is 0. The van der Waals surface area contributed by atoms with Crippen molar-refractivity contribution in [3.63, 3.8) is 0 Å². The molecule has 28 heavy (non-hydrogen) atoms. The average Bonchev–Trinajstić information content (AvgIpc) is 2.71. The number of hydrogen-bond donors (Lipinski definition) is 1. The summed E-state index contributed by atoms with van der Waals surface area (Å²) in [5.41, 5.74) is 3.77. The Balaban J connectivity index is 1.97. The summed E-state index contributed by atoms with van der Waals surface area (Å²) in [4.78, 5) is 25.3. The van der Waals surface area contributed by atoms with Gasteiger partial charge in [0.15, 0.2) is 5.69 Å². The Labute approximate surface area is 161 Å². The topological polar surface area (TPSA) is 76.3 Å². The lowest BCUT2D eigenvalue weighted by atomic mass is 10.1. The zero-order valence-electron chi connectivity index (χ0n) is 15.8. The van der Waals surface area contributed by atoms with E-state index < -0.39 is 5.91 Å². The van der Waals surface area contributed by atoms with Crippen molar-refractivity contribution in [3.05, 3.63) is 76.0 Å². The number of hydrazone groups is 1. The molecule has 0 unspecified atom stereocenters. The molecule has 144 valence electrons. The Kier molecular flexibility index (Phi) is 5.93. The maximum absolute atomic E-state index is 13.1. The third-order valence-corrected chi connectivity index (χ3v) is 4.32. The van der Waals surface area contributed by atoms with Crippen LogP contribution in [0.25, 0.3) is 10.8 Å². The second-order valence-electron chi connectivity index (χ2n) is 6.28. The van der Waals surface area contributed by atoms with Gasteiger partial charge in [-0.15, -0.1) is 0 Å². The van der Waals surface area contributed by atoms with Gasteiger partial charge in [-0.25, -0.2) is 14.5 Å². The Morgan fingerprint density at radius 2 is 1.79 bits per heavy atom. The molecule has 3 rings (SSSR count). The lowest BCUT2D eigenvalue weighted by Crippen LogP contribution is -2.29. The van der Waals surface area contributed by atoms with Gasteiger partial charge >= 0.3 is 0 Å². The summed E-state index contributed by atoms with van der Waals surface area (Å²) in [7, 11) is 0. The maximum atomic E-state index is 13.1. The molecule has 0 atom stereocenters. The fraction of sp³-hybridized carbons (Fsp3) is 0.238. The van der Waals surface area contributed by atoms with E-state index in [0.717, 1.165) is 12.0 Å². The maximum Gasteiger partial charge on any atom is 0.292 e. The fourth-order valence-corrected chi connectivity index (χ4v) is 2.93. The number of nitrogens with zero attached hydrogens (tertiary/aromatic N) is 3. The number of nitrogens with one attached hydrogen (secondary N) is 1. The monoisotopic (exact) mass is 380 g/mol. The molecule has 0 spiro atoms. The van der Waals surface area contributed by atoms with Crippen LogP contribution in [0.4, 0.5) is 4.39 Å². The zero-order valence-corrected chi connectivity index (χ0v) is 15.8. The van der Waals surface area contributed by atoms with Crippen molar-refractivity contribution in [2.45, 2.75) is 33.2 Å². The fourth-order valence-electron chi connectivity index (χ4n) is 2.93. The van der Waals surface area contributed by atoms with E-state index in [9.17, 15) is 14.0 Å². The number of rotatable bonds is 6. The van der Waals surface area contributed by atoms with E-state index in [1.807, 2.05) is 13.8 Å². The molecule has 0 fully saturated rings. The van der Waals surface area contributed by atoms with Crippen molar-refractivity contribution in [2.75, 3.05) is 0 Å². The number of carbonyl (C=O) groups is 1. The zero-order chi connectivity index (χ0) is 20.1. The molecule has 0 aliphatic carbocycles. The van der Waals surface area contributed by atoms with Crippen LogP contribution in [-0.4, -0.2) is 21.4 Å². The molecule has 2 aromatic carbocycles. The number of carbonyl (C=O) groups excluding carboxylic acids is 1. The SMILES string of the molecule is CCCn1nc(C(=O)N/N=C(\CC)c2ccc(F)cc2)c2ccccc2c1=O. The van der Waals surface area contributed by atoms with Gasteiger partial charge in [-0.05, 0) is 36.6 Å². The average molecular weight is 380 g/mol. The summed E-state index contributed by atoms with van der Waals surface area (Å²) in [6, 6.07) is 12.8. The molecule has 0 saturated carbocycles. The standard InChI is InChI=1S/C21H21FN4O2/c1-3-13-26-21(28)17-8-6-5-7-16(17)19(25-26)20(27)24-23-18(4-2)14-9-11-15(22)12-10-14/h5-12H,3-4,13H2,1-2H3,(H,24,27)/b23-18+. The molecule has 0 aliphatic rings. The predicted molar refractivity (Wildman–Crippen MR) is 107 cm³/mol. The Hall–Kier alpha value is -3.35. The highest BCUT2D eigenvalue weighted by Crippen LogP contribution is 2.14. The van der Waals surface area contributed by atoms with Crippen LogP contribution in [0, 0.1) is 5.82 Å². The lowest BCUT2D eigenvalue weighted by Gasteiger charge is -2.10. The molecule has 3 aromatic rings. The summed E-state index contributed by atoms with van der Waals surface area (Å²) in [5, 5.41) is 9.36. The van der Waals surface area contributed by atoms with E-state index in [-0.39, 0.29) is 17.1 Å². The van der Waals surface area contributed by atoms with Crippen LogP contribution in [0.3, 0.4) is 0 Å². The minimum absolute atomic E-state index is 0.141. The van der Waals surface area contributed by atoms with E-state index in [0.29, 0.717) is 29.4 Å². The normalized spacial score (nSPS) is 11.6. The number of aryl methyl sites for hydroxylation is 1. The number of fused-ring (bicyclic) bond motifs is 1. The van der Waals surface area contributed by atoms with E-state index in [1.165, 1.54) is 16.8 Å². The van der Waals surface area contributed by atoms with Gasteiger partial charge in [-0.1, -0.05) is 44.2 Å². The van der Waals surface area contributed by atoms with Crippen molar-refractivity contribution >= 4 is 22.4 Å². The van der Waals surface area contributed by atoms with Crippen LogP contribution in [0.15, 0.2) is 58.4 Å². The Morgan fingerprint density at radius 1 is 1.11 bits per heavy atom. The summed E-state index contributed by atoms with van der Waals surface area (Å²) in [6.45, 7) is 4.25. The molecule has 6 nitrogen and oxygen atoms in total. The first-order valence-corrected chi connectivity index (χ1v) is 9.17. The highest BCUT2D eigenvalue weighted by Gasteiger charge is 2.16. The van der Waals surface area contributed by atoms with Gasteiger partial charge in [0.05, 0.1) is 11.1 Å². The van der Waals surface area contributed by atoms with E-state index >= 15 is 0 Å². The van der Waals surface area contributed by atoms with Gasteiger partial charge in [0.25, 0.3) is 11.5 Å². The van der Waals surface area contributed by atoms with Crippen LogP contribution in [0.1, 0.15) is 42.7 Å². The smallest absolute Gasteiger partial charge is 0.267 e. The van der Waals surface area contributed by atoms with Crippen molar-refractivity contribution in [2.24, 2.45) is 5.10 Å². The quantitative estimate of drug-likeness (QED) is 0.525. The number of aromatic nitrogens is 2. The molecular weight excluding hydrogens is 359 g/mol. The molecule has 0 bridgehead atoms. The first kappa shape index (κ1) is 19.4. The summed E-state index contributed by atoms with van der Waals surface area (Å²) < 4.78 is 14.4. The number of benzene rings is 2. The largest absolute Gasteiger partial charge is 0.292 e. The number of hydrogen-bond acceptors (Lipinski definition) is 4. The lowest BCUT2D eigenvalue weighted by molar-refractivity contribution is 0.0949. The van der Waals surface area contributed by atoms with Crippen LogP contribution in [0.5, 0.6) is 0 Å². The van der Waals surface area contributed by atoms with Gasteiger partial charge in [0.1, 0.15) is 5.82 Å². The molecule has 1 amide bonds. The van der Waals surface area contributed by atoms with Crippen molar-refractivity contribution in [1.29, 1.82) is 0 Å². The summed E-state index contributed by atoms with van der Waals surface area (Å²) in [5.74, 6) is -0.841. The number of halogens is 1. The van der Waals surface area contributed by atoms with Crippen molar-refractivity contribution in [3.8, 4) is 0 Å². The summed E-state index contributed by atoms with van der Waals surface area (Å²) in [6.07, 6.45) is 1.27. The molecule has 1 heterocycles. The molecule has 1 N–H and O–H groups in total. The van der Waals surface area contributed by atoms with Gasteiger partial charge in [-0.3, -0.25) is 9.59 Å². The third kappa shape index (κ3) is 3.98. The Morgan fingerprint density at radius 3 is 2.43 bits per heavy atom. The molecule has 0 radical (unpaired) electrons. The van der Waals surface area contributed by atoms with Crippen LogP contribution >= 0.6 is 0 Å². The van der Waals surface area contributed by atoms with Gasteiger partial charge in [0, 0.05) is 11.9 Å². The molecular formula is C21H21FN4O2. The van der Waals surface area contributed by atoms with E-state index in [1.54, 1.807) is 36.4 Å². The minimum Gasteiger partial charge on any atom is -0.267 e. The van der Waals surface area contributed by atoms with Gasteiger partial charge in [-0.2, -0.15) is 10.2 Å². The second kappa shape index (κ2) is 8.56. The second-order valence-corrected chi connectivity index (χ2v) is 6.28. The van der Waals surface area contributed by atoms with Crippen LogP contribution in [0.2, 0.25) is 0 Å². The van der Waals surface area contributed by atoms with Crippen molar-refractivity contribution < 1.29 is 9.18 Å². The Bertz CT molecular complexity index is 1090. The van der Waals surface area contributed by atoms with Gasteiger partial charge < -0.3 is 0 Å². The number of amides is 1. The minimum atomic E-state index is -0.505. The van der Waals surface area contributed by atoms with E-state index in [4.69, 9.17) is 0 Å². The van der Waals surface area contributed by atoms with Crippen LogP contribution in [-0.2, 0) is 6.54 Å². The first-order chi connectivity index (χ1) is 13.5. The highest BCUT2D eigenvalue weighted by molar-refractivity contribution is 6.06. The molecule has 0 aliphatic heterocycles. The van der Waals surface area contributed by atoms with Gasteiger partial charge in [0.2, 0.25) is 0 Å². The molecule has 1 aromatic heterocycles. The first-order valence-electron chi connectivity index (χ1n) is 9.17. The molecule has 0 saturated heterocycles. The molecule has 7 heteroatoms. The van der Waals surface area contributed by atoms with E-state index in [2.05, 4.69) is 15.6 Å². The third-order valence-electron chi connectivity index (χ3n) is 4.32. The van der Waals surface area contributed by atoms with Crippen LogP contribution < -0.4 is 11.0 Å². The predicted octanol–water partition coefficient (Wildman–Crippen LogP) is 3.49.